The normalized spacial score (nSPS) is 15.6. The van der Waals surface area contributed by atoms with Crippen LogP contribution in [0.25, 0.3) is 0 Å². The largest absolute Gasteiger partial charge is 0.493 e. The summed E-state index contributed by atoms with van der Waals surface area (Å²) in [6.45, 7) is 1.29. The van der Waals surface area contributed by atoms with Gasteiger partial charge >= 0.3 is 0 Å². The molecule has 76 valence electrons. The summed E-state index contributed by atoms with van der Waals surface area (Å²) in [6, 6.07) is 5.69. The molecule has 0 unspecified atom stereocenters. The van der Waals surface area contributed by atoms with Crippen molar-refractivity contribution in [3.8, 4) is 5.75 Å². The molecule has 0 radical (unpaired) electrons. The highest BCUT2D eigenvalue weighted by Crippen LogP contribution is 2.30. The van der Waals surface area contributed by atoms with E-state index in [2.05, 4.69) is 0 Å². The number of hydrogen-bond donors (Lipinski definition) is 1. The van der Waals surface area contributed by atoms with Gasteiger partial charge in [0.2, 0.25) is 0 Å². The van der Waals surface area contributed by atoms with Gasteiger partial charge in [-0.25, -0.2) is 0 Å². The lowest BCUT2D eigenvalue weighted by Gasteiger charge is -2.07. The fourth-order valence-electron chi connectivity index (χ4n) is 1.28. The zero-order chi connectivity index (χ0) is 9.97. The molecule has 1 aliphatic carbocycles. The standard InChI is InChI=1S/C11H14ClNO/c12-11-5-10(4-3-9(11)6-13)14-7-8-1-2-8/h3-5,8H,1-2,6-7,13H2. The molecule has 0 spiro atoms. The Labute approximate surface area is 89.0 Å². The van der Waals surface area contributed by atoms with Gasteiger partial charge in [-0.1, -0.05) is 17.7 Å². The minimum atomic E-state index is 0.474. The Bertz CT molecular complexity index is 323. The molecule has 1 saturated carbocycles. The molecule has 0 atom stereocenters. The quantitative estimate of drug-likeness (QED) is 0.831. The molecule has 14 heavy (non-hydrogen) atoms. The molecule has 0 aliphatic heterocycles. The van der Waals surface area contributed by atoms with Crippen molar-refractivity contribution >= 4 is 11.6 Å². The molecule has 2 rings (SSSR count). The second-order valence-corrected chi connectivity index (χ2v) is 4.12. The van der Waals surface area contributed by atoms with Gasteiger partial charge in [-0.05, 0) is 36.5 Å². The van der Waals surface area contributed by atoms with Crippen molar-refractivity contribution in [1.29, 1.82) is 0 Å². The van der Waals surface area contributed by atoms with Crippen LogP contribution in [0.2, 0.25) is 5.02 Å². The molecule has 0 amide bonds. The molecule has 2 N–H and O–H groups in total. The summed E-state index contributed by atoms with van der Waals surface area (Å²) < 4.78 is 5.58. The van der Waals surface area contributed by atoms with E-state index in [-0.39, 0.29) is 0 Å². The van der Waals surface area contributed by atoms with Gasteiger partial charge in [0.15, 0.2) is 0 Å². The zero-order valence-corrected chi connectivity index (χ0v) is 8.76. The van der Waals surface area contributed by atoms with E-state index in [1.165, 1.54) is 12.8 Å². The van der Waals surface area contributed by atoms with Gasteiger partial charge in [-0.15, -0.1) is 0 Å². The van der Waals surface area contributed by atoms with Gasteiger partial charge in [-0.2, -0.15) is 0 Å². The molecule has 0 heterocycles. The Balaban J connectivity index is 1.99. The molecule has 2 nitrogen and oxygen atoms in total. The van der Waals surface area contributed by atoms with Crippen molar-refractivity contribution in [2.45, 2.75) is 19.4 Å². The fourth-order valence-corrected chi connectivity index (χ4v) is 1.53. The molecular formula is C11H14ClNO. The molecule has 1 fully saturated rings. The summed E-state index contributed by atoms with van der Waals surface area (Å²) in [5.41, 5.74) is 6.47. The van der Waals surface area contributed by atoms with Crippen LogP contribution in [0.15, 0.2) is 18.2 Å². The molecule has 0 saturated heterocycles. The summed E-state index contributed by atoms with van der Waals surface area (Å²) in [6.07, 6.45) is 2.60. The van der Waals surface area contributed by atoms with Crippen molar-refractivity contribution < 1.29 is 4.74 Å². The van der Waals surface area contributed by atoms with Gasteiger partial charge in [-0.3, -0.25) is 0 Å². The van der Waals surface area contributed by atoms with Crippen LogP contribution in [0.3, 0.4) is 0 Å². The average molecular weight is 212 g/mol. The number of benzene rings is 1. The Morgan fingerprint density at radius 1 is 1.43 bits per heavy atom. The lowest BCUT2D eigenvalue weighted by atomic mass is 10.2. The number of halogens is 1. The van der Waals surface area contributed by atoms with Crippen LogP contribution in [0, 0.1) is 5.92 Å². The van der Waals surface area contributed by atoms with E-state index in [1.807, 2.05) is 18.2 Å². The number of ether oxygens (including phenoxy) is 1. The van der Waals surface area contributed by atoms with Crippen LogP contribution in [0.5, 0.6) is 5.75 Å². The average Bonchev–Trinajstić information content (AvgIpc) is 2.98. The lowest BCUT2D eigenvalue weighted by Crippen LogP contribution is -2.00. The first kappa shape index (κ1) is 9.81. The van der Waals surface area contributed by atoms with Crippen LogP contribution in [-0.2, 0) is 6.54 Å². The maximum Gasteiger partial charge on any atom is 0.120 e. The van der Waals surface area contributed by atoms with Gasteiger partial charge in [0.05, 0.1) is 6.61 Å². The van der Waals surface area contributed by atoms with E-state index in [9.17, 15) is 0 Å². The van der Waals surface area contributed by atoms with Crippen LogP contribution in [0.1, 0.15) is 18.4 Å². The number of nitrogens with two attached hydrogens (primary N) is 1. The van der Waals surface area contributed by atoms with Gasteiger partial charge in [0.25, 0.3) is 0 Å². The Morgan fingerprint density at radius 2 is 2.21 bits per heavy atom. The monoisotopic (exact) mass is 211 g/mol. The van der Waals surface area contributed by atoms with E-state index in [0.29, 0.717) is 11.6 Å². The van der Waals surface area contributed by atoms with Crippen LogP contribution < -0.4 is 10.5 Å². The highest BCUT2D eigenvalue weighted by Gasteiger charge is 2.21. The molecule has 0 bridgehead atoms. The van der Waals surface area contributed by atoms with Crippen molar-refractivity contribution in [1.82, 2.24) is 0 Å². The van der Waals surface area contributed by atoms with Crippen LogP contribution in [0.4, 0.5) is 0 Å². The minimum absolute atomic E-state index is 0.474. The first-order valence-electron chi connectivity index (χ1n) is 4.91. The van der Waals surface area contributed by atoms with E-state index >= 15 is 0 Å². The molecule has 3 heteroatoms. The lowest BCUT2D eigenvalue weighted by molar-refractivity contribution is 0.299. The van der Waals surface area contributed by atoms with Crippen molar-refractivity contribution in [3.63, 3.8) is 0 Å². The number of rotatable bonds is 4. The summed E-state index contributed by atoms with van der Waals surface area (Å²) >= 11 is 6.00. The Hall–Kier alpha value is -0.730. The predicted molar refractivity (Wildman–Crippen MR) is 57.6 cm³/mol. The summed E-state index contributed by atoms with van der Waals surface area (Å²) in [4.78, 5) is 0. The number of hydrogen-bond acceptors (Lipinski definition) is 2. The maximum absolute atomic E-state index is 6.00. The van der Waals surface area contributed by atoms with Gasteiger partial charge in [0.1, 0.15) is 5.75 Å². The third kappa shape index (κ3) is 2.40. The van der Waals surface area contributed by atoms with E-state index in [0.717, 1.165) is 23.8 Å². The smallest absolute Gasteiger partial charge is 0.120 e. The molecular weight excluding hydrogens is 198 g/mol. The van der Waals surface area contributed by atoms with Crippen molar-refractivity contribution in [2.24, 2.45) is 11.7 Å². The Kier molecular flexibility index (Phi) is 2.94. The van der Waals surface area contributed by atoms with Gasteiger partial charge in [0, 0.05) is 11.6 Å². The Morgan fingerprint density at radius 3 is 2.79 bits per heavy atom. The van der Waals surface area contributed by atoms with E-state index < -0.39 is 0 Å². The topological polar surface area (TPSA) is 35.2 Å². The predicted octanol–water partition coefficient (Wildman–Crippen LogP) is 2.59. The third-order valence-electron chi connectivity index (χ3n) is 2.43. The SMILES string of the molecule is NCc1ccc(OCC2CC2)cc1Cl. The summed E-state index contributed by atoms with van der Waals surface area (Å²) in [5.74, 6) is 1.61. The second kappa shape index (κ2) is 4.20. The van der Waals surface area contributed by atoms with Crippen LogP contribution in [-0.4, -0.2) is 6.61 Å². The van der Waals surface area contributed by atoms with E-state index in [1.54, 1.807) is 0 Å². The second-order valence-electron chi connectivity index (χ2n) is 3.71. The summed E-state index contributed by atoms with van der Waals surface area (Å²) in [7, 11) is 0. The molecule has 1 aromatic rings. The van der Waals surface area contributed by atoms with E-state index in [4.69, 9.17) is 22.1 Å². The fraction of sp³-hybridized carbons (Fsp3) is 0.455. The zero-order valence-electron chi connectivity index (χ0n) is 8.00. The third-order valence-corrected chi connectivity index (χ3v) is 2.78. The first-order chi connectivity index (χ1) is 6.79. The molecule has 1 aliphatic rings. The summed E-state index contributed by atoms with van der Waals surface area (Å²) in [5, 5.41) is 0.695. The van der Waals surface area contributed by atoms with Crippen LogP contribution >= 0.6 is 11.6 Å². The highest BCUT2D eigenvalue weighted by molar-refractivity contribution is 6.31. The minimum Gasteiger partial charge on any atom is -0.493 e. The molecule has 1 aromatic carbocycles. The van der Waals surface area contributed by atoms with Crippen molar-refractivity contribution in [3.05, 3.63) is 28.8 Å². The highest BCUT2D eigenvalue weighted by atomic mass is 35.5. The maximum atomic E-state index is 6.00. The van der Waals surface area contributed by atoms with Crippen molar-refractivity contribution in [2.75, 3.05) is 6.61 Å². The first-order valence-corrected chi connectivity index (χ1v) is 5.28. The molecule has 0 aromatic heterocycles. The van der Waals surface area contributed by atoms with Gasteiger partial charge < -0.3 is 10.5 Å².